The van der Waals surface area contributed by atoms with E-state index in [4.69, 9.17) is 15.0 Å². The van der Waals surface area contributed by atoms with Gasteiger partial charge in [-0.15, -0.1) is 11.3 Å². The molecule has 0 N–H and O–H groups in total. The minimum absolute atomic E-state index is 0.637. The zero-order valence-electron chi connectivity index (χ0n) is 34.5. The Kier molecular flexibility index (Phi) is 8.36. The molecule has 0 aliphatic carbocycles. The van der Waals surface area contributed by atoms with Crippen LogP contribution in [0, 0.1) is 0 Å². The summed E-state index contributed by atoms with van der Waals surface area (Å²) in [6.07, 6.45) is 0. The predicted octanol–water partition coefficient (Wildman–Crippen LogP) is 16.0. The highest BCUT2D eigenvalue weighted by atomic mass is 32.1. The third-order valence-corrected chi connectivity index (χ3v) is 13.9. The molecule has 10 aromatic carbocycles. The average molecular weight is 833 g/mol. The van der Waals surface area contributed by atoms with Crippen LogP contribution in [0.1, 0.15) is 0 Å². The summed E-state index contributed by atoms with van der Waals surface area (Å²) < 4.78 is 4.77. The number of fused-ring (bicyclic) bond motifs is 8. The lowest BCUT2D eigenvalue weighted by Crippen LogP contribution is -2.01. The molecule has 5 heteroatoms. The summed E-state index contributed by atoms with van der Waals surface area (Å²) in [5, 5.41) is 9.36. The molecule has 0 saturated carbocycles. The summed E-state index contributed by atoms with van der Waals surface area (Å²) >= 11 is 1.79. The molecule has 0 unspecified atom stereocenters. The van der Waals surface area contributed by atoms with Crippen molar-refractivity contribution in [3.05, 3.63) is 218 Å². The Bertz CT molecular complexity index is 3960. The van der Waals surface area contributed by atoms with Crippen molar-refractivity contribution >= 4 is 74.9 Å². The molecule has 0 fully saturated rings. The van der Waals surface area contributed by atoms with Gasteiger partial charge in [-0.05, 0) is 98.4 Å². The van der Waals surface area contributed by atoms with Crippen LogP contribution in [0.4, 0.5) is 0 Å². The fraction of sp³-hybridized carbons (Fsp3) is 0. The van der Waals surface area contributed by atoms with E-state index < -0.39 is 0 Å². The van der Waals surface area contributed by atoms with Gasteiger partial charge >= 0.3 is 0 Å². The number of aromatic nitrogens is 4. The van der Waals surface area contributed by atoms with Crippen LogP contribution in [0.5, 0.6) is 0 Å². The zero-order valence-corrected chi connectivity index (χ0v) is 35.3. The first-order valence-electron chi connectivity index (χ1n) is 21.6. The lowest BCUT2D eigenvalue weighted by Gasteiger charge is -2.15. The largest absolute Gasteiger partial charge is 0.309 e. The van der Waals surface area contributed by atoms with E-state index in [0.29, 0.717) is 17.5 Å². The van der Waals surface area contributed by atoms with Crippen LogP contribution in [0.15, 0.2) is 218 Å². The van der Waals surface area contributed by atoms with Crippen LogP contribution in [-0.2, 0) is 0 Å². The number of benzene rings is 10. The van der Waals surface area contributed by atoms with Gasteiger partial charge in [0.05, 0.1) is 11.0 Å². The van der Waals surface area contributed by atoms with Crippen molar-refractivity contribution in [1.29, 1.82) is 0 Å². The second-order valence-corrected chi connectivity index (χ2v) is 17.3. The SMILES string of the molecule is c1ccc(-c2ccc(-c3nc(-c4ccc(-c5ccc6c(c5)c5ccccc5n6-c5ccccc5)c5ccccc45)nc(-c4cccc5c4sc4ccccc45)n3)c3ccccc23)cc1. The van der Waals surface area contributed by atoms with Crippen molar-refractivity contribution < 1.29 is 0 Å². The quantitative estimate of drug-likeness (QED) is 0.168. The standard InChI is InChI=1S/C59H36N4S/c1-3-16-37(17-4-1)40-31-33-49(44-22-9-7-20-42(40)44)57-60-58(62-59(61-57)51-27-15-26-48-47-25-12-14-29-55(47)64-56(48)51)50-34-32-41(43-21-8-10-23-45(43)50)38-30-35-54-52(36-38)46-24-11-13-28-53(46)63(54)39-18-5-2-6-19-39/h1-36H. The summed E-state index contributed by atoms with van der Waals surface area (Å²) in [6.45, 7) is 0. The van der Waals surface area contributed by atoms with Crippen LogP contribution in [-0.4, -0.2) is 19.5 Å². The molecule has 13 rings (SSSR count). The van der Waals surface area contributed by atoms with E-state index in [1.807, 2.05) is 0 Å². The lowest BCUT2D eigenvalue weighted by atomic mass is 9.93. The van der Waals surface area contributed by atoms with Gasteiger partial charge in [-0.3, -0.25) is 0 Å². The Morgan fingerprint density at radius 1 is 0.297 bits per heavy atom. The van der Waals surface area contributed by atoms with Gasteiger partial charge in [0, 0.05) is 53.3 Å². The molecule has 3 aromatic heterocycles. The smallest absolute Gasteiger partial charge is 0.165 e. The maximum Gasteiger partial charge on any atom is 0.165 e. The zero-order chi connectivity index (χ0) is 42.1. The van der Waals surface area contributed by atoms with Crippen molar-refractivity contribution in [3.8, 4) is 62.1 Å². The van der Waals surface area contributed by atoms with Gasteiger partial charge in [0.2, 0.25) is 0 Å². The highest BCUT2D eigenvalue weighted by molar-refractivity contribution is 7.26. The molecular weight excluding hydrogens is 797 g/mol. The van der Waals surface area contributed by atoms with Gasteiger partial charge < -0.3 is 4.57 Å². The fourth-order valence-corrected chi connectivity index (χ4v) is 11.0. The lowest BCUT2D eigenvalue weighted by molar-refractivity contribution is 1.08. The molecule has 0 aliphatic rings. The molecule has 0 saturated heterocycles. The van der Waals surface area contributed by atoms with Gasteiger partial charge in [0.15, 0.2) is 17.5 Å². The Balaban J connectivity index is 1.03. The first-order chi connectivity index (χ1) is 31.7. The molecule has 0 bridgehead atoms. The van der Waals surface area contributed by atoms with Gasteiger partial charge in [-0.25, -0.2) is 15.0 Å². The summed E-state index contributed by atoms with van der Waals surface area (Å²) in [7, 11) is 0. The van der Waals surface area contributed by atoms with Crippen LogP contribution in [0.2, 0.25) is 0 Å². The normalized spacial score (nSPS) is 11.8. The third kappa shape index (κ3) is 5.79. The van der Waals surface area contributed by atoms with Gasteiger partial charge in [-0.2, -0.15) is 0 Å². The molecule has 64 heavy (non-hydrogen) atoms. The van der Waals surface area contributed by atoms with E-state index in [0.717, 1.165) is 55.0 Å². The summed E-state index contributed by atoms with van der Waals surface area (Å²) in [4.78, 5) is 16.2. The molecule has 3 heterocycles. The van der Waals surface area contributed by atoms with E-state index in [1.165, 1.54) is 53.1 Å². The molecule has 298 valence electrons. The monoisotopic (exact) mass is 832 g/mol. The molecule has 13 aromatic rings. The van der Waals surface area contributed by atoms with Crippen molar-refractivity contribution in [2.45, 2.75) is 0 Å². The van der Waals surface area contributed by atoms with Gasteiger partial charge in [-0.1, -0.05) is 164 Å². The van der Waals surface area contributed by atoms with Crippen molar-refractivity contribution in [2.24, 2.45) is 0 Å². The van der Waals surface area contributed by atoms with Crippen molar-refractivity contribution in [2.75, 3.05) is 0 Å². The first kappa shape index (κ1) is 36.4. The number of hydrogen-bond donors (Lipinski definition) is 0. The molecule has 0 amide bonds. The second kappa shape index (κ2) is 14.7. The summed E-state index contributed by atoms with van der Waals surface area (Å²) in [5.41, 5.74) is 11.1. The van der Waals surface area contributed by atoms with E-state index >= 15 is 0 Å². The van der Waals surface area contributed by atoms with Crippen molar-refractivity contribution in [1.82, 2.24) is 19.5 Å². The van der Waals surface area contributed by atoms with Crippen LogP contribution >= 0.6 is 11.3 Å². The fourth-order valence-electron chi connectivity index (χ4n) is 9.77. The third-order valence-electron chi connectivity index (χ3n) is 12.7. The van der Waals surface area contributed by atoms with Crippen LogP contribution < -0.4 is 0 Å². The van der Waals surface area contributed by atoms with Crippen LogP contribution in [0.25, 0.3) is 126 Å². The highest BCUT2D eigenvalue weighted by Crippen LogP contribution is 2.43. The molecular formula is C59H36N4S. The molecule has 0 spiro atoms. The van der Waals surface area contributed by atoms with E-state index in [2.05, 4.69) is 223 Å². The number of rotatable bonds is 6. The van der Waals surface area contributed by atoms with Gasteiger partial charge in [0.25, 0.3) is 0 Å². The average Bonchev–Trinajstić information content (AvgIpc) is 3.92. The predicted molar refractivity (Wildman–Crippen MR) is 269 cm³/mol. The van der Waals surface area contributed by atoms with Crippen LogP contribution in [0.3, 0.4) is 0 Å². The molecule has 4 nitrogen and oxygen atoms in total. The Hall–Kier alpha value is -8.25. The van der Waals surface area contributed by atoms with Crippen molar-refractivity contribution in [3.63, 3.8) is 0 Å². The van der Waals surface area contributed by atoms with Gasteiger partial charge in [0.1, 0.15) is 0 Å². The maximum absolute atomic E-state index is 5.41. The number of thiophene rings is 1. The molecule has 0 radical (unpaired) electrons. The Morgan fingerprint density at radius 2 is 0.781 bits per heavy atom. The summed E-state index contributed by atoms with van der Waals surface area (Å²) in [5.74, 6) is 1.93. The highest BCUT2D eigenvalue weighted by Gasteiger charge is 2.21. The minimum Gasteiger partial charge on any atom is -0.309 e. The Labute approximate surface area is 373 Å². The second-order valence-electron chi connectivity index (χ2n) is 16.3. The van der Waals surface area contributed by atoms with E-state index in [-0.39, 0.29) is 0 Å². The first-order valence-corrected chi connectivity index (χ1v) is 22.4. The van der Waals surface area contributed by atoms with E-state index in [9.17, 15) is 0 Å². The number of hydrogen-bond acceptors (Lipinski definition) is 4. The number of para-hydroxylation sites is 2. The minimum atomic E-state index is 0.637. The maximum atomic E-state index is 5.41. The number of nitrogens with zero attached hydrogens (tertiary/aromatic N) is 4. The molecule has 0 aliphatic heterocycles. The van der Waals surface area contributed by atoms with E-state index in [1.54, 1.807) is 11.3 Å². The summed E-state index contributed by atoms with van der Waals surface area (Å²) in [6, 6.07) is 78.0. The molecule has 0 atom stereocenters. The Morgan fingerprint density at radius 3 is 1.45 bits per heavy atom. The topological polar surface area (TPSA) is 43.6 Å².